The molecule has 0 N–H and O–H groups in total. The second-order valence-corrected chi connectivity index (χ2v) is 33.3. The normalized spacial score (nSPS) is 29.0. The molecule has 5 aliphatic heterocycles. The summed E-state index contributed by atoms with van der Waals surface area (Å²) in [6.45, 7) is 42.9. The van der Waals surface area contributed by atoms with Gasteiger partial charge in [0.2, 0.25) is 22.4 Å². The fraction of sp³-hybridized carbons (Fsp3) is 0.852. The predicted molar refractivity (Wildman–Crippen MR) is 402 cm³/mol. The number of rotatable bonds is 20. The molecule has 9 fully saturated rings. The van der Waals surface area contributed by atoms with Crippen molar-refractivity contribution in [3.63, 3.8) is 0 Å². The zero-order chi connectivity index (χ0) is 74.3. The van der Waals surface area contributed by atoms with E-state index in [-0.39, 0.29) is 113 Å². The Labute approximate surface area is 632 Å². The van der Waals surface area contributed by atoms with Crippen molar-refractivity contribution in [2.24, 2.45) is 45.8 Å². The summed E-state index contributed by atoms with van der Waals surface area (Å²) in [5, 5.41) is 0. The maximum Gasteiger partial charge on any atom is 0.350 e. The Bertz CT molecular complexity index is 2970. The van der Waals surface area contributed by atoms with Gasteiger partial charge in [0.25, 0.3) is 0 Å². The van der Waals surface area contributed by atoms with Gasteiger partial charge in [-0.05, 0) is 216 Å². The second kappa shape index (κ2) is 37.2. The maximum absolute atomic E-state index is 12.7. The summed E-state index contributed by atoms with van der Waals surface area (Å²) in [7, 11) is 0. The lowest BCUT2D eigenvalue weighted by Gasteiger charge is -2.48. The van der Waals surface area contributed by atoms with Crippen molar-refractivity contribution in [2.45, 2.75) is 403 Å². The Morgan fingerprint density at radius 2 is 0.686 bits per heavy atom. The van der Waals surface area contributed by atoms with Gasteiger partial charge in [0.05, 0.1) is 45.8 Å². The number of carbonyl (C=O) groups is 12. The highest BCUT2D eigenvalue weighted by molar-refractivity contribution is 5.88. The van der Waals surface area contributed by atoms with Crippen LogP contribution in [-0.2, 0) is 114 Å². The molecule has 5 heterocycles. The molecule has 8 bridgehead atoms. The van der Waals surface area contributed by atoms with E-state index in [4.69, 9.17) is 56.8 Å². The molecule has 24 heteroatoms. The second-order valence-electron chi connectivity index (χ2n) is 33.3. The monoisotopic (exact) mass is 1500 g/mol. The quantitative estimate of drug-likeness (QED) is 0.0807. The Morgan fingerprint density at radius 3 is 1.03 bits per heavy atom. The molecule has 5 saturated heterocycles. The third-order valence-corrected chi connectivity index (χ3v) is 22.2. The van der Waals surface area contributed by atoms with Crippen LogP contribution in [0, 0.1) is 45.8 Å². The van der Waals surface area contributed by atoms with Gasteiger partial charge in [-0.2, -0.15) is 0 Å². The number of hydrogen-bond donors (Lipinski definition) is 0. The van der Waals surface area contributed by atoms with Crippen molar-refractivity contribution in [1.29, 1.82) is 0 Å². The zero-order valence-corrected chi connectivity index (χ0v) is 62.7. The van der Waals surface area contributed by atoms with Crippen LogP contribution in [0.1, 0.15) is 335 Å². The van der Waals surface area contributed by atoms with Crippen molar-refractivity contribution < 1.29 is 114 Å². The van der Waals surface area contributed by atoms with Crippen molar-refractivity contribution in [3.05, 3.63) is 0 Å². The van der Waals surface area contributed by atoms with E-state index in [9.17, 15) is 57.5 Å². The predicted octanol–water partition coefficient (Wildman–Crippen LogP) is 16.6. The van der Waals surface area contributed by atoms with E-state index in [0.717, 1.165) is 6.42 Å². The Balaban J connectivity index is -0.000000632. The first-order valence-electron chi connectivity index (χ1n) is 34.8. The highest BCUT2D eigenvalue weighted by Crippen LogP contribution is 2.53. The van der Waals surface area contributed by atoms with Crippen LogP contribution in [0.4, 0.5) is 0 Å². The third kappa shape index (κ3) is 23.1. The molecule has 0 aromatic rings. The first-order valence-corrected chi connectivity index (χ1v) is 34.8. The molecule has 9 aliphatic rings. The number of fused-ring (bicyclic) bond motifs is 9. The van der Waals surface area contributed by atoms with Crippen LogP contribution in [-0.4, -0.2) is 140 Å². The molecule has 9 rings (SSSR count). The Kier molecular flexibility index (Phi) is 37.2. The van der Waals surface area contributed by atoms with E-state index in [1.165, 1.54) is 55.4 Å². The van der Waals surface area contributed by atoms with Crippen molar-refractivity contribution in [3.8, 4) is 0 Å². The number of hydrogen-bond acceptors (Lipinski definition) is 24. The maximum atomic E-state index is 12.7. The summed E-state index contributed by atoms with van der Waals surface area (Å²) in [5.41, 5.74) is -12.7. The summed E-state index contributed by atoms with van der Waals surface area (Å²) in [4.78, 5) is 147. The lowest BCUT2D eigenvalue weighted by molar-refractivity contribution is -0.225. The van der Waals surface area contributed by atoms with Crippen LogP contribution in [0.3, 0.4) is 0 Å². The van der Waals surface area contributed by atoms with E-state index in [1.807, 2.05) is 27.7 Å². The van der Waals surface area contributed by atoms with Crippen LogP contribution in [0.25, 0.3) is 0 Å². The first kappa shape index (κ1) is 105. The molecule has 4 saturated carbocycles. The highest BCUT2D eigenvalue weighted by Gasteiger charge is 2.64. The van der Waals surface area contributed by atoms with Crippen molar-refractivity contribution in [2.75, 3.05) is 0 Å². The van der Waals surface area contributed by atoms with E-state index in [2.05, 4.69) is 0 Å². The fourth-order valence-corrected chi connectivity index (χ4v) is 12.3. The average molecular weight is 1500 g/mol. The lowest BCUT2D eigenvalue weighted by Crippen LogP contribution is -2.58. The van der Waals surface area contributed by atoms with Gasteiger partial charge >= 0.3 is 71.6 Å². The van der Waals surface area contributed by atoms with Crippen LogP contribution < -0.4 is 0 Å². The lowest BCUT2D eigenvalue weighted by atomic mass is 9.71. The van der Waals surface area contributed by atoms with Gasteiger partial charge in [-0.25, -0.2) is 19.2 Å². The molecule has 13 atom stereocenters. The molecule has 13 unspecified atom stereocenters. The molecular formula is C81H146O24. The van der Waals surface area contributed by atoms with Gasteiger partial charge in [-0.1, -0.05) is 94.0 Å². The van der Waals surface area contributed by atoms with Gasteiger partial charge in [0.15, 0.2) is 0 Å². The number of esters is 12. The van der Waals surface area contributed by atoms with E-state index >= 15 is 0 Å². The molecule has 0 amide bonds. The standard InChI is InChI=1S/C19H30O6.3C18H28O6.8CH4/c1-8-16(2,3)14(21)24-17(4,5)15(22)25-18(6)10-9-12-11-19(18,7)23-13(12)20;1-7-16(2,3)14(20)24-17(4,5)15(21)22-12-10-11-8-9-18(12,6)23-13(11)19;1-7-16(2,3)14(20)24-17(4,5)15(21)22-12-9-8-11-10-18(12,6)23-13(11)19;1-7-11(2)13(19)22-16(3,4)15(21)24-17(5)9-8-12-10-18(17,6)23-14(12)20;;;;;;;;/h12H,8-11H2,1-7H3;3*11-12H,7-10H2,1-6H3;8*1H4. The Morgan fingerprint density at radius 1 is 0.381 bits per heavy atom. The molecule has 614 valence electrons. The van der Waals surface area contributed by atoms with Gasteiger partial charge < -0.3 is 56.8 Å². The van der Waals surface area contributed by atoms with Gasteiger partial charge in [-0.15, -0.1) is 0 Å². The minimum absolute atomic E-state index is 0. The van der Waals surface area contributed by atoms with Crippen LogP contribution in [0.5, 0.6) is 0 Å². The van der Waals surface area contributed by atoms with Crippen molar-refractivity contribution >= 4 is 71.6 Å². The molecule has 105 heavy (non-hydrogen) atoms. The molecule has 4 aliphatic carbocycles. The minimum Gasteiger partial charge on any atom is -0.455 e. The summed E-state index contributed by atoms with van der Waals surface area (Å²) < 4.78 is 66.2. The van der Waals surface area contributed by atoms with E-state index in [1.54, 1.807) is 90.0 Å². The van der Waals surface area contributed by atoms with Gasteiger partial charge in [0.1, 0.15) is 45.8 Å². The number of carbonyl (C=O) groups excluding carboxylic acids is 12. The van der Waals surface area contributed by atoms with Crippen LogP contribution >= 0.6 is 0 Å². The zero-order valence-electron chi connectivity index (χ0n) is 62.7. The van der Waals surface area contributed by atoms with Crippen LogP contribution in [0.15, 0.2) is 0 Å². The van der Waals surface area contributed by atoms with Crippen LogP contribution in [0.2, 0.25) is 0 Å². The molecule has 0 spiro atoms. The highest BCUT2D eigenvalue weighted by atomic mass is 16.7. The Hall–Kier alpha value is -6.36. The SMILES string of the molecule is C.C.C.C.C.C.C.C.CCC(C)(C)C(=O)OC(C)(C)C(=O)OC1(C)CCC2CC1(C)OC2=O.CCC(C)(C)C(=O)OC(C)(C)C(=O)OC1CC2CCC1(C)OC2=O.CCC(C)(C)C(=O)OC(C)(C)C(=O)OC1CCC2CC1(C)OC2=O.CCC(C)C(=O)OC(C)(C)C(=O)OC1(C)CCC2CC1(C)OC2=O. The van der Waals surface area contributed by atoms with Crippen molar-refractivity contribution in [1.82, 2.24) is 0 Å². The first-order chi connectivity index (χ1) is 44.0. The molecule has 0 aromatic heterocycles. The van der Waals surface area contributed by atoms with Gasteiger partial charge in [0, 0.05) is 25.7 Å². The molecule has 0 aromatic carbocycles. The van der Waals surface area contributed by atoms with E-state index < -0.39 is 132 Å². The molecule has 24 nitrogen and oxygen atoms in total. The molecule has 0 radical (unpaired) electrons. The summed E-state index contributed by atoms with van der Waals surface area (Å²) in [6.07, 6.45) is 8.54. The molecular weight excluding hydrogens is 1360 g/mol. The van der Waals surface area contributed by atoms with Gasteiger partial charge in [-0.3, -0.25) is 38.4 Å². The summed E-state index contributed by atoms with van der Waals surface area (Å²) in [5.74, 6) is -5.91. The topological polar surface area (TPSA) is 316 Å². The fourth-order valence-electron chi connectivity index (χ4n) is 12.3. The number of ether oxygens (including phenoxy) is 12. The summed E-state index contributed by atoms with van der Waals surface area (Å²) in [6, 6.07) is 0. The average Bonchev–Trinajstić information content (AvgIpc) is 1.64. The largest absolute Gasteiger partial charge is 0.455 e. The smallest absolute Gasteiger partial charge is 0.350 e. The van der Waals surface area contributed by atoms with E-state index in [0.29, 0.717) is 96.3 Å². The third-order valence-electron chi connectivity index (χ3n) is 22.2. The minimum atomic E-state index is -1.41. The summed E-state index contributed by atoms with van der Waals surface area (Å²) >= 11 is 0.